The van der Waals surface area contributed by atoms with Gasteiger partial charge in [0.05, 0.1) is 19.0 Å². The number of β-lactam (4-membered cyclic amide) rings is 1. The molecule has 2 rings (SSSR count). The summed E-state index contributed by atoms with van der Waals surface area (Å²) < 4.78 is 0. The van der Waals surface area contributed by atoms with E-state index in [9.17, 15) is 14.7 Å². The van der Waals surface area contributed by atoms with Crippen LogP contribution < -0.4 is 11.1 Å². The first-order valence-corrected chi connectivity index (χ1v) is 5.53. The number of aliphatic imine (C=N–C) groups is 1. The summed E-state index contributed by atoms with van der Waals surface area (Å²) >= 11 is 0. The lowest BCUT2D eigenvalue weighted by Gasteiger charge is -2.50. The number of hydrogen-bond donors (Lipinski definition) is 3. The van der Waals surface area contributed by atoms with Gasteiger partial charge in [-0.1, -0.05) is 0 Å². The first-order valence-electron chi connectivity index (χ1n) is 5.53. The van der Waals surface area contributed by atoms with Crippen molar-refractivity contribution in [3.05, 3.63) is 0 Å². The van der Waals surface area contributed by atoms with Crippen molar-refractivity contribution in [2.24, 2.45) is 10.7 Å². The minimum atomic E-state index is -0.973. The van der Waals surface area contributed by atoms with Crippen LogP contribution in [0.3, 0.4) is 0 Å². The summed E-state index contributed by atoms with van der Waals surface area (Å²) in [5.41, 5.74) is 4.44. The molecule has 1 spiro atoms. The van der Waals surface area contributed by atoms with Crippen LogP contribution in [0.5, 0.6) is 0 Å². The Balaban J connectivity index is 2.13. The molecule has 7 heteroatoms. The molecule has 17 heavy (non-hydrogen) atoms. The SMILES string of the molecule is C[C@@H](O)[C@@H](C(N)=O)N1CC2(CCNC=N2)C1=O. The standard InChI is InChI=1S/C10H16N4O3/c1-6(15)7(8(11)16)14-4-10(9(14)17)2-3-12-5-13-10/h5-7,15H,2-4H2,1H3,(H2,11,16)(H,12,13)/t6-,7+,10?/m1/s1. The molecule has 7 nitrogen and oxygen atoms in total. The number of primary amides is 1. The predicted molar refractivity (Wildman–Crippen MR) is 60.2 cm³/mol. The molecule has 1 unspecified atom stereocenters. The molecule has 1 fully saturated rings. The number of nitrogens with zero attached hydrogens (tertiary/aromatic N) is 2. The van der Waals surface area contributed by atoms with E-state index in [0.29, 0.717) is 19.5 Å². The number of nitrogens with one attached hydrogen (secondary N) is 1. The van der Waals surface area contributed by atoms with E-state index in [4.69, 9.17) is 5.73 Å². The van der Waals surface area contributed by atoms with Crippen LogP contribution in [0.2, 0.25) is 0 Å². The van der Waals surface area contributed by atoms with E-state index < -0.39 is 23.6 Å². The maximum atomic E-state index is 12.1. The number of hydrogen-bond acceptors (Lipinski definition) is 5. The molecular formula is C10H16N4O3. The molecule has 0 bridgehead atoms. The normalized spacial score (nSPS) is 30.7. The van der Waals surface area contributed by atoms with Crippen LogP contribution in [0.1, 0.15) is 13.3 Å². The summed E-state index contributed by atoms with van der Waals surface area (Å²) in [5.74, 6) is -0.930. The van der Waals surface area contributed by atoms with Gasteiger partial charge in [0.15, 0.2) is 5.54 Å². The molecule has 0 aromatic rings. The second kappa shape index (κ2) is 3.99. The summed E-state index contributed by atoms with van der Waals surface area (Å²) in [7, 11) is 0. The fourth-order valence-electron chi connectivity index (χ4n) is 2.33. The minimum Gasteiger partial charge on any atom is -0.391 e. The van der Waals surface area contributed by atoms with E-state index >= 15 is 0 Å². The lowest BCUT2D eigenvalue weighted by molar-refractivity contribution is -0.162. The largest absolute Gasteiger partial charge is 0.391 e. The number of nitrogens with two attached hydrogens (primary N) is 1. The van der Waals surface area contributed by atoms with E-state index in [1.54, 1.807) is 0 Å². The number of aliphatic hydroxyl groups excluding tert-OH is 1. The lowest BCUT2D eigenvalue weighted by atomic mass is 9.83. The van der Waals surface area contributed by atoms with Gasteiger partial charge in [0, 0.05) is 13.0 Å². The van der Waals surface area contributed by atoms with Gasteiger partial charge in [0.2, 0.25) is 5.91 Å². The second-order valence-electron chi connectivity index (χ2n) is 4.51. The number of carbonyl (C=O) groups excluding carboxylic acids is 2. The van der Waals surface area contributed by atoms with Crippen molar-refractivity contribution >= 4 is 18.2 Å². The van der Waals surface area contributed by atoms with Gasteiger partial charge in [-0.15, -0.1) is 0 Å². The van der Waals surface area contributed by atoms with Crippen LogP contribution in [0.4, 0.5) is 0 Å². The summed E-state index contributed by atoms with van der Waals surface area (Å²) in [6.07, 6.45) is 1.14. The molecule has 1 saturated heterocycles. The molecule has 2 amide bonds. The third-order valence-corrected chi connectivity index (χ3v) is 3.26. The van der Waals surface area contributed by atoms with Crippen molar-refractivity contribution < 1.29 is 14.7 Å². The fraction of sp³-hybridized carbons (Fsp3) is 0.700. The van der Waals surface area contributed by atoms with E-state index in [-0.39, 0.29) is 5.91 Å². The zero-order chi connectivity index (χ0) is 12.6. The van der Waals surface area contributed by atoms with Gasteiger partial charge >= 0.3 is 0 Å². The number of carbonyl (C=O) groups is 2. The maximum absolute atomic E-state index is 12.1. The highest BCUT2D eigenvalue weighted by Crippen LogP contribution is 2.33. The monoisotopic (exact) mass is 240 g/mol. The highest BCUT2D eigenvalue weighted by molar-refractivity contribution is 5.98. The zero-order valence-electron chi connectivity index (χ0n) is 9.59. The van der Waals surface area contributed by atoms with Crippen molar-refractivity contribution in [1.29, 1.82) is 0 Å². The summed E-state index contributed by atoms with van der Waals surface area (Å²) in [6, 6.07) is -0.960. The molecule has 4 N–H and O–H groups in total. The van der Waals surface area contributed by atoms with Gasteiger partial charge in [0.25, 0.3) is 5.91 Å². The summed E-state index contributed by atoms with van der Waals surface area (Å²) in [5, 5.41) is 12.4. The quantitative estimate of drug-likeness (QED) is 0.487. The van der Waals surface area contributed by atoms with Gasteiger partial charge in [-0.2, -0.15) is 0 Å². The average Bonchev–Trinajstić information content (AvgIpc) is 2.28. The van der Waals surface area contributed by atoms with Crippen molar-refractivity contribution in [1.82, 2.24) is 10.2 Å². The second-order valence-corrected chi connectivity index (χ2v) is 4.51. The molecule has 94 valence electrons. The van der Waals surface area contributed by atoms with Crippen LogP contribution in [0, 0.1) is 0 Å². The Morgan fingerprint density at radius 1 is 1.76 bits per heavy atom. The Bertz CT molecular complexity index is 382. The minimum absolute atomic E-state index is 0.236. The molecular weight excluding hydrogens is 224 g/mol. The van der Waals surface area contributed by atoms with Crippen LogP contribution in [0.15, 0.2) is 4.99 Å². The molecule has 3 atom stereocenters. The van der Waals surface area contributed by atoms with E-state index in [1.807, 2.05) is 0 Å². The van der Waals surface area contributed by atoms with Crippen molar-refractivity contribution in [3.8, 4) is 0 Å². The third kappa shape index (κ3) is 1.76. The molecule has 0 aromatic carbocycles. The molecule has 0 aliphatic carbocycles. The summed E-state index contributed by atoms with van der Waals surface area (Å²) in [4.78, 5) is 28.7. The third-order valence-electron chi connectivity index (χ3n) is 3.26. The topological polar surface area (TPSA) is 108 Å². The fourth-order valence-corrected chi connectivity index (χ4v) is 2.33. The first kappa shape index (κ1) is 11.8. The Hall–Kier alpha value is -1.63. The highest BCUT2D eigenvalue weighted by Gasteiger charge is 2.56. The molecule has 0 radical (unpaired) electrons. The highest BCUT2D eigenvalue weighted by atomic mass is 16.3. The Morgan fingerprint density at radius 3 is 2.88 bits per heavy atom. The van der Waals surface area contributed by atoms with Crippen LogP contribution in [-0.4, -0.2) is 58.9 Å². The van der Waals surface area contributed by atoms with Gasteiger partial charge in [-0.05, 0) is 6.92 Å². The molecule has 2 aliphatic rings. The van der Waals surface area contributed by atoms with Crippen LogP contribution in [0.25, 0.3) is 0 Å². The number of rotatable bonds is 3. The summed E-state index contributed by atoms with van der Waals surface area (Å²) in [6.45, 7) is 2.46. The Labute approximate surface area is 98.7 Å². The molecule has 0 aromatic heterocycles. The van der Waals surface area contributed by atoms with Gasteiger partial charge < -0.3 is 21.1 Å². The molecule has 2 aliphatic heterocycles. The van der Waals surface area contributed by atoms with Crippen molar-refractivity contribution in [3.63, 3.8) is 0 Å². The maximum Gasteiger partial charge on any atom is 0.253 e. The van der Waals surface area contributed by atoms with Crippen molar-refractivity contribution in [2.45, 2.75) is 31.0 Å². The van der Waals surface area contributed by atoms with Gasteiger partial charge in [0.1, 0.15) is 6.04 Å². The van der Waals surface area contributed by atoms with Gasteiger partial charge in [-0.25, -0.2) is 0 Å². The zero-order valence-corrected chi connectivity index (χ0v) is 9.59. The molecule has 0 saturated carbocycles. The molecule has 2 heterocycles. The van der Waals surface area contributed by atoms with Crippen LogP contribution in [-0.2, 0) is 9.59 Å². The predicted octanol–water partition coefficient (Wildman–Crippen LogP) is -2.18. The first-order chi connectivity index (χ1) is 7.98. The Kier molecular flexibility index (Phi) is 2.78. The number of amides is 2. The van der Waals surface area contributed by atoms with E-state index in [2.05, 4.69) is 10.3 Å². The van der Waals surface area contributed by atoms with Crippen LogP contribution >= 0.6 is 0 Å². The lowest BCUT2D eigenvalue weighted by Crippen LogP contribution is -2.73. The van der Waals surface area contributed by atoms with Crippen molar-refractivity contribution in [2.75, 3.05) is 13.1 Å². The number of aliphatic hydroxyl groups is 1. The van der Waals surface area contributed by atoms with E-state index in [1.165, 1.54) is 18.2 Å². The van der Waals surface area contributed by atoms with E-state index in [0.717, 1.165) is 0 Å². The Morgan fingerprint density at radius 2 is 2.47 bits per heavy atom. The smallest absolute Gasteiger partial charge is 0.253 e. The van der Waals surface area contributed by atoms with Gasteiger partial charge in [-0.3, -0.25) is 14.6 Å². The number of likely N-dealkylation sites (tertiary alicyclic amines) is 1. The average molecular weight is 240 g/mol.